The molecule has 0 saturated carbocycles. The minimum atomic E-state index is -0.575. The summed E-state index contributed by atoms with van der Waals surface area (Å²) < 4.78 is 19.7. The highest BCUT2D eigenvalue weighted by atomic mass is 79.9. The fourth-order valence-electron chi connectivity index (χ4n) is 1.62. The molecule has 1 heterocycles. The van der Waals surface area contributed by atoms with Crippen molar-refractivity contribution in [3.8, 4) is 11.6 Å². The van der Waals surface area contributed by atoms with Crippen LogP contribution in [-0.4, -0.2) is 9.97 Å². The second-order valence-corrected chi connectivity index (χ2v) is 5.48. The molecule has 0 spiro atoms. The van der Waals surface area contributed by atoms with E-state index in [0.29, 0.717) is 34.0 Å². The molecule has 112 valence electrons. The number of nitrogens with one attached hydrogen (secondary N) is 1. The monoisotopic (exact) mass is 374 g/mol. The Labute approximate surface area is 134 Å². The number of nitrogen functional groups attached to an aromatic ring is 1. The first-order chi connectivity index (χ1) is 9.96. The van der Waals surface area contributed by atoms with Gasteiger partial charge in [-0.1, -0.05) is 18.5 Å². The molecule has 0 radical (unpaired) electrons. The van der Waals surface area contributed by atoms with Gasteiger partial charge in [-0.05, 0) is 28.9 Å². The van der Waals surface area contributed by atoms with Crippen molar-refractivity contribution in [2.45, 2.75) is 20.3 Å². The Morgan fingerprint density at radius 1 is 1.43 bits per heavy atom. The molecule has 8 heteroatoms. The van der Waals surface area contributed by atoms with E-state index in [1.165, 1.54) is 12.1 Å². The van der Waals surface area contributed by atoms with Crippen LogP contribution in [-0.2, 0) is 6.42 Å². The molecule has 2 rings (SSSR count). The maximum atomic E-state index is 13.6. The molecule has 0 fully saturated rings. The molecule has 1 aromatic carbocycles. The first kappa shape index (κ1) is 15.9. The summed E-state index contributed by atoms with van der Waals surface area (Å²) in [5.74, 6) is 6.45. The number of ether oxygens (including phenoxy) is 1. The number of hydrogen-bond donors (Lipinski definition) is 2. The number of aromatic nitrogens is 2. The van der Waals surface area contributed by atoms with Crippen molar-refractivity contribution >= 4 is 33.3 Å². The quantitative estimate of drug-likeness (QED) is 0.480. The van der Waals surface area contributed by atoms with E-state index < -0.39 is 5.82 Å². The number of nitrogens with zero attached hydrogens (tertiary/aromatic N) is 2. The van der Waals surface area contributed by atoms with Gasteiger partial charge in [0.1, 0.15) is 23.2 Å². The van der Waals surface area contributed by atoms with Crippen molar-refractivity contribution in [2.75, 3.05) is 5.43 Å². The lowest BCUT2D eigenvalue weighted by Crippen LogP contribution is -2.13. The third kappa shape index (κ3) is 3.42. The van der Waals surface area contributed by atoms with Gasteiger partial charge in [-0.15, -0.1) is 0 Å². The predicted octanol–water partition coefficient (Wildman–Crippen LogP) is 3.98. The van der Waals surface area contributed by atoms with E-state index in [4.69, 9.17) is 22.2 Å². The summed E-state index contributed by atoms with van der Waals surface area (Å²) in [6.45, 7) is 3.66. The molecule has 3 N–H and O–H groups in total. The van der Waals surface area contributed by atoms with Gasteiger partial charge in [0, 0.05) is 12.5 Å². The molecule has 2 aromatic rings. The fourth-order valence-corrected chi connectivity index (χ4v) is 2.34. The van der Waals surface area contributed by atoms with Crippen molar-refractivity contribution in [3.05, 3.63) is 38.8 Å². The van der Waals surface area contributed by atoms with Crippen molar-refractivity contribution in [2.24, 2.45) is 5.84 Å². The number of anilines is 1. The van der Waals surface area contributed by atoms with Crippen LogP contribution in [0.25, 0.3) is 0 Å². The lowest BCUT2D eigenvalue weighted by molar-refractivity contribution is 0.448. The summed E-state index contributed by atoms with van der Waals surface area (Å²) in [7, 11) is 0. The van der Waals surface area contributed by atoms with Crippen LogP contribution in [0.5, 0.6) is 11.6 Å². The second-order valence-electron chi connectivity index (χ2n) is 4.22. The van der Waals surface area contributed by atoms with Crippen LogP contribution < -0.4 is 16.0 Å². The van der Waals surface area contributed by atoms with E-state index >= 15 is 0 Å². The zero-order valence-corrected chi connectivity index (χ0v) is 13.7. The van der Waals surface area contributed by atoms with Gasteiger partial charge in [-0.2, -0.15) is 4.98 Å². The zero-order chi connectivity index (χ0) is 15.6. The molecule has 0 bridgehead atoms. The van der Waals surface area contributed by atoms with E-state index in [1.807, 2.05) is 6.92 Å². The smallest absolute Gasteiger partial charge is 0.227 e. The Balaban J connectivity index is 2.46. The third-order valence-corrected chi connectivity index (χ3v) is 3.69. The van der Waals surface area contributed by atoms with Crippen LogP contribution in [0.1, 0.15) is 18.3 Å². The van der Waals surface area contributed by atoms with Gasteiger partial charge in [-0.25, -0.2) is 15.2 Å². The van der Waals surface area contributed by atoms with Crippen molar-refractivity contribution < 1.29 is 9.13 Å². The molecule has 0 unspecified atom stereocenters. The first-order valence-electron chi connectivity index (χ1n) is 6.12. The highest BCUT2D eigenvalue weighted by Crippen LogP contribution is 2.35. The first-order valence-corrected chi connectivity index (χ1v) is 7.29. The van der Waals surface area contributed by atoms with Gasteiger partial charge in [0.05, 0.1) is 15.1 Å². The largest absolute Gasteiger partial charge is 0.437 e. The van der Waals surface area contributed by atoms with Crippen LogP contribution in [0.4, 0.5) is 10.2 Å². The SMILES string of the molecule is CCc1nc(NN)c(C)c(Oc2cc(F)c(Cl)cc2Br)n1. The molecule has 1 aromatic heterocycles. The summed E-state index contributed by atoms with van der Waals surface area (Å²) in [6, 6.07) is 2.61. The van der Waals surface area contributed by atoms with Crippen LogP contribution in [0, 0.1) is 12.7 Å². The van der Waals surface area contributed by atoms with Gasteiger partial charge in [0.15, 0.2) is 0 Å². The summed E-state index contributed by atoms with van der Waals surface area (Å²) >= 11 is 8.98. The van der Waals surface area contributed by atoms with Crippen LogP contribution >= 0.6 is 27.5 Å². The fraction of sp³-hybridized carbons (Fsp3) is 0.231. The molecule has 0 aliphatic heterocycles. The molecule has 5 nitrogen and oxygen atoms in total. The second kappa shape index (κ2) is 6.55. The zero-order valence-electron chi connectivity index (χ0n) is 11.4. The predicted molar refractivity (Wildman–Crippen MR) is 83.1 cm³/mol. The number of rotatable bonds is 4. The molecular formula is C13H13BrClFN4O. The Morgan fingerprint density at radius 3 is 2.76 bits per heavy atom. The van der Waals surface area contributed by atoms with Gasteiger partial charge < -0.3 is 10.2 Å². The number of hydrazine groups is 1. The summed E-state index contributed by atoms with van der Waals surface area (Å²) in [5.41, 5.74) is 3.12. The Hall–Kier alpha value is -1.44. The molecule has 0 saturated heterocycles. The van der Waals surface area contributed by atoms with E-state index in [1.54, 1.807) is 6.92 Å². The molecular weight excluding hydrogens is 363 g/mol. The van der Waals surface area contributed by atoms with E-state index in [9.17, 15) is 4.39 Å². The topological polar surface area (TPSA) is 73.1 Å². The van der Waals surface area contributed by atoms with Gasteiger partial charge >= 0.3 is 0 Å². The van der Waals surface area contributed by atoms with Crippen molar-refractivity contribution in [3.63, 3.8) is 0 Å². The minimum Gasteiger partial charge on any atom is -0.437 e. The molecule has 21 heavy (non-hydrogen) atoms. The Bertz CT molecular complexity index is 684. The van der Waals surface area contributed by atoms with E-state index in [-0.39, 0.29) is 10.8 Å². The lowest BCUT2D eigenvalue weighted by atomic mass is 10.3. The Kier molecular flexibility index (Phi) is 4.97. The average molecular weight is 376 g/mol. The Morgan fingerprint density at radius 2 is 2.14 bits per heavy atom. The minimum absolute atomic E-state index is 0.00666. The van der Waals surface area contributed by atoms with Crippen LogP contribution in [0.15, 0.2) is 16.6 Å². The number of aryl methyl sites for hydroxylation is 1. The molecule has 0 amide bonds. The number of nitrogens with two attached hydrogens (primary N) is 1. The summed E-state index contributed by atoms with van der Waals surface area (Å²) in [6.07, 6.45) is 0.613. The molecule has 0 aliphatic carbocycles. The standard InChI is InChI=1S/C13H13BrClFN4O/c1-3-11-18-12(20-17)6(2)13(19-11)21-10-5-9(16)8(15)4-7(10)14/h4-5H,3,17H2,1-2H3,(H,18,19,20). The maximum absolute atomic E-state index is 13.6. The molecule has 0 aliphatic rings. The summed E-state index contributed by atoms with van der Waals surface area (Å²) in [5, 5.41) is 0.00666. The van der Waals surface area contributed by atoms with E-state index in [2.05, 4.69) is 31.3 Å². The van der Waals surface area contributed by atoms with Crippen LogP contribution in [0.2, 0.25) is 5.02 Å². The van der Waals surface area contributed by atoms with Gasteiger partial charge in [0.2, 0.25) is 5.88 Å². The number of halogens is 3. The van der Waals surface area contributed by atoms with Crippen molar-refractivity contribution in [1.82, 2.24) is 9.97 Å². The van der Waals surface area contributed by atoms with Gasteiger partial charge in [0.25, 0.3) is 0 Å². The van der Waals surface area contributed by atoms with Crippen LogP contribution in [0.3, 0.4) is 0 Å². The average Bonchev–Trinajstić information content (AvgIpc) is 2.46. The molecule has 0 atom stereocenters. The third-order valence-electron chi connectivity index (χ3n) is 2.78. The highest BCUT2D eigenvalue weighted by molar-refractivity contribution is 9.10. The lowest BCUT2D eigenvalue weighted by Gasteiger charge is -2.13. The highest BCUT2D eigenvalue weighted by Gasteiger charge is 2.15. The number of hydrogen-bond acceptors (Lipinski definition) is 5. The van der Waals surface area contributed by atoms with Crippen molar-refractivity contribution in [1.29, 1.82) is 0 Å². The summed E-state index contributed by atoms with van der Waals surface area (Å²) in [4.78, 5) is 8.51. The number of benzene rings is 1. The van der Waals surface area contributed by atoms with Gasteiger partial charge in [-0.3, -0.25) is 0 Å². The maximum Gasteiger partial charge on any atom is 0.227 e. The van der Waals surface area contributed by atoms with E-state index in [0.717, 1.165) is 0 Å². The normalized spacial score (nSPS) is 10.6.